The largest absolute Gasteiger partial charge is 0.368 e. The normalized spacial score (nSPS) is 14.5. The lowest BCUT2D eigenvalue weighted by atomic mass is 9.97. The average Bonchev–Trinajstić information content (AvgIpc) is 3.26. The van der Waals surface area contributed by atoms with E-state index < -0.39 is 35.8 Å². The number of unbranched alkanes of at least 4 members (excludes halogenated alkanes) is 1. The number of benzene rings is 1. The predicted octanol–water partition coefficient (Wildman–Crippen LogP) is 2.10. The zero-order valence-corrected chi connectivity index (χ0v) is 23.8. The van der Waals surface area contributed by atoms with Gasteiger partial charge in [-0.05, 0) is 55.3 Å². The summed E-state index contributed by atoms with van der Waals surface area (Å²) in [6, 6.07) is 3.41. The first-order chi connectivity index (χ1) is 18.0. The fourth-order valence-electron chi connectivity index (χ4n) is 4.06. The van der Waals surface area contributed by atoms with E-state index in [0.29, 0.717) is 43.2 Å². The van der Waals surface area contributed by atoms with Crippen molar-refractivity contribution >= 4 is 45.2 Å². The van der Waals surface area contributed by atoms with Crippen LogP contribution in [0.5, 0.6) is 0 Å². The van der Waals surface area contributed by atoms with Crippen LogP contribution in [0.2, 0.25) is 0 Å². The van der Waals surface area contributed by atoms with Crippen molar-refractivity contribution in [2.75, 3.05) is 6.54 Å². The van der Waals surface area contributed by atoms with Gasteiger partial charge in [0.05, 0.1) is 15.2 Å². The van der Waals surface area contributed by atoms with Crippen LogP contribution in [0.15, 0.2) is 18.2 Å². The smallest absolute Gasteiger partial charge is 0.243 e. The van der Waals surface area contributed by atoms with E-state index in [0.717, 1.165) is 10.2 Å². The van der Waals surface area contributed by atoms with Crippen molar-refractivity contribution in [1.82, 2.24) is 20.9 Å². The minimum atomic E-state index is -0.923. The van der Waals surface area contributed by atoms with Gasteiger partial charge in [0.25, 0.3) is 0 Å². The van der Waals surface area contributed by atoms with Crippen molar-refractivity contribution in [2.24, 2.45) is 17.4 Å². The molecule has 7 N–H and O–H groups in total. The summed E-state index contributed by atoms with van der Waals surface area (Å²) in [5, 5.41) is 8.89. The number of hydrogen-bond donors (Lipinski definition) is 5. The minimum absolute atomic E-state index is 0.180. The fraction of sp³-hybridized carbons (Fsp3) is 0.593. The van der Waals surface area contributed by atoms with E-state index in [4.69, 9.17) is 11.5 Å². The lowest BCUT2D eigenvalue weighted by Crippen LogP contribution is -2.58. The van der Waals surface area contributed by atoms with Gasteiger partial charge < -0.3 is 27.4 Å². The first kappa shape index (κ1) is 31.2. The molecule has 2 rings (SSSR count). The van der Waals surface area contributed by atoms with Crippen molar-refractivity contribution in [3.05, 3.63) is 28.8 Å². The maximum absolute atomic E-state index is 13.4. The first-order valence-electron chi connectivity index (χ1n) is 13.2. The highest BCUT2D eigenvalue weighted by molar-refractivity contribution is 7.18. The molecule has 1 heterocycles. The van der Waals surface area contributed by atoms with E-state index in [-0.39, 0.29) is 18.2 Å². The van der Waals surface area contributed by atoms with Crippen LogP contribution in [-0.4, -0.2) is 53.3 Å². The molecule has 210 valence electrons. The molecule has 38 heavy (non-hydrogen) atoms. The number of rotatable bonds is 15. The fourth-order valence-corrected chi connectivity index (χ4v) is 5.12. The summed E-state index contributed by atoms with van der Waals surface area (Å²) in [6.07, 6.45) is 2.49. The van der Waals surface area contributed by atoms with E-state index in [9.17, 15) is 19.2 Å². The molecule has 0 unspecified atom stereocenters. The summed E-state index contributed by atoms with van der Waals surface area (Å²) in [6.45, 7) is 9.80. The number of nitrogens with one attached hydrogen (secondary N) is 3. The van der Waals surface area contributed by atoms with Crippen LogP contribution in [0.3, 0.4) is 0 Å². The maximum Gasteiger partial charge on any atom is 0.243 e. The highest BCUT2D eigenvalue weighted by atomic mass is 32.1. The van der Waals surface area contributed by atoms with Crippen LogP contribution >= 0.6 is 11.3 Å². The Kier molecular flexibility index (Phi) is 12.1. The number of carbonyl (C=O) groups excluding carboxylic acids is 4. The second-order valence-electron chi connectivity index (χ2n) is 10.1. The van der Waals surface area contributed by atoms with E-state index in [1.165, 1.54) is 23.8 Å². The van der Waals surface area contributed by atoms with Gasteiger partial charge in [-0.15, -0.1) is 11.3 Å². The summed E-state index contributed by atoms with van der Waals surface area (Å²) in [7, 11) is 0. The zero-order valence-electron chi connectivity index (χ0n) is 23.0. The molecule has 0 spiro atoms. The number of hydrogen-bond acceptors (Lipinski definition) is 7. The van der Waals surface area contributed by atoms with Crippen molar-refractivity contribution in [1.29, 1.82) is 0 Å². The molecule has 1 aromatic heterocycles. The molecule has 0 aliphatic rings. The summed E-state index contributed by atoms with van der Waals surface area (Å²) >= 11 is 1.48. The van der Waals surface area contributed by atoms with E-state index in [2.05, 4.69) is 40.8 Å². The predicted molar refractivity (Wildman–Crippen MR) is 150 cm³/mol. The molecule has 11 heteroatoms. The molecule has 10 nitrogen and oxygen atoms in total. The van der Waals surface area contributed by atoms with Gasteiger partial charge in [-0.3, -0.25) is 19.2 Å². The lowest BCUT2D eigenvalue weighted by molar-refractivity contribution is -0.134. The molecule has 0 fully saturated rings. The highest BCUT2D eigenvalue weighted by Crippen LogP contribution is 2.27. The first-order valence-corrected chi connectivity index (χ1v) is 14.0. The van der Waals surface area contributed by atoms with Crippen LogP contribution in [0.25, 0.3) is 10.2 Å². The summed E-state index contributed by atoms with van der Waals surface area (Å²) in [5.41, 5.74) is 13.1. The third-order valence-corrected chi connectivity index (χ3v) is 7.64. The van der Waals surface area contributed by atoms with Crippen molar-refractivity contribution in [2.45, 2.75) is 90.8 Å². The van der Waals surface area contributed by atoms with Crippen LogP contribution in [0.1, 0.15) is 76.8 Å². The Morgan fingerprint density at radius 2 is 1.71 bits per heavy atom. The van der Waals surface area contributed by atoms with E-state index in [1.807, 2.05) is 26.0 Å². The Balaban J connectivity index is 2.22. The maximum atomic E-state index is 13.4. The molecular formula is C27H42N6O4S. The number of fused-ring (bicyclic) bond motifs is 1. The number of primary amides is 1. The Morgan fingerprint density at radius 3 is 2.29 bits per heavy atom. The Bertz CT molecular complexity index is 1120. The van der Waals surface area contributed by atoms with Gasteiger partial charge in [0.15, 0.2) is 0 Å². The summed E-state index contributed by atoms with van der Waals surface area (Å²) in [4.78, 5) is 55.1. The Labute approximate surface area is 228 Å². The minimum Gasteiger partial charge on any atom is -0.368 e. The van der Waals surface area contributed by atoms with E-state index in [1.54, 1.807) is 0 Å². The number of nitrogens with zero attached hydrogens (tertiary/aromatic N) is 1. The van der Waals surface area contributed by atoms with Crippen molar-refractivity contribution in [3.8, 4) is 0 Å². The molecule has 0 saturated heterocycles. The summed E-state index contributed by atoms with van der Waals surface area (Å²) in [5.74, 6) is -1.86. The van der Waals surface area contributed by atoms with Gasteiger partial charge in [-0.1, -0.05) is 40.2 Å². The van der Waals surface area contributed by atoms with Gasteiger partial charge in [-0.25, -0.2) is 4.98 Å². The monoisotopic (exact) mass is 546 g/mol. The van der Waals surface area contributed by atoms with Gasteiger partial charge in [0, 0.05) is 13.3 Å². The molecule has 0 bridgehead atoms. The van der Waals surface area contributed by atoms with Gasteiger partial charge >= 0.3 is 0 Å². The van der Waals surface area contributed by atoms with Gasteiger partial charge in [0.2, 0.25) is 23.6 Å². The highest BCUT2D eigenvalue weighted by Gasteiger charge is 2.32. The number of aromatic nitrogens is 1. The van der Waals surface area contributed by atoms with Crippen LogP contribution in [-0.2, 0) is 25.6 Å². The van der Waals surface area contributed by atoms with Crippen LogP contribution in [0.4, 0.5) is 0 Å². The number of thiazole rings is 1. The molecule has 4 amide bonds. The summed E-state index contributed by atoms with van der Waals surface area (Å²) < 4.78 is 1.01. The van der Waals surface area contributed by atoms with Crippen molar-refractivity contribution in [3.63, 3.8) is 0 Å². The molecule has 1 aromatic carbocycles. The number of carbonyl (C=O) groups is 4. The SMILES string of the molecule is CC[C@H](C)[C@H](NC(=O)[C@H](Cc1nc2ccc(C(C)C)cc2s1)NC(C)=O)C(=O)N[C@@H](CCCCN)C(N)=O. The molecule has 0 radical (unpaired) electrons. The average molecular weight is 547 g/mol. The van der Waals surface area contributed by atoms with Gasteiger partial charge in [-0.2, -0.15) is 0 Å². The Morgan fingerprint density at radius 1 is 1.00 bits per heavy atom. The molecule has 0 saturated carbocycles. The Hall–Kier alpha value is -3.05. The lowest BCUT2D eigenvalue weighted by Gasteiger charge is -2.27. The quantitative estimate of drug-likeness (QED) is 0.214. The molecular weight excluding hydrogens is 504 g/mol. The second kappa shape index (κ2) is 14.8. The van der Waals surface area contributed by atoms with Crippen molar-refractivity contribution < 1.29 is 19.2 Å². The third-order valence-electron chi connectivity index (χ3n) is 6.60. The zero-order chi connectivity index (χ0) is 28.4. The van der Waals surface area contributed by atoms with Crippen LogP contribution in [0, 0.1) is 5.92 Å². The van der Waals surface area contributed by atoms with E-state index >= 15 is 0 Å². The number of amides is 4. The standard InChI is InChI=1S/C27H42N6O4S/c1-6-16(4)24(27(37)32-20(25(29)35)9-7-8-12-28)33-26(36)21(30-17(5)34)14-23-31-19-11-10-18(15(2)3)13-22(19)38-23/h10-11,13,15-16,20-21,24H,6-9,12,14,28H2,1-5H3,(H2,29,35)(H,30,34)(H,32,37)(H,33,36)/t16-,20-,21-,24-/m0/s1. The van der Waals surface area contributed by atoms with Crippen LogP contribution < -0.4 is 27.4 Å². The third kappa shape index (κ3) is 9.05. The molecule has 0 aliphatic heterocycles. The van der Waals surface area contributed by atoms with Gasteiger partial charge in [0.1, 0.15) is 18.1 Å². The molecule has 0 aliphatic carbocycles. The topological polar surface area (TPSA) is 169 Å². The molecule has 4 atom stereocenters. The number of nitrogens with two attached hydrogens (primary N) is 2. The molecule has 2 aromatic rings. The second-order valence-corrected chi connectivity index (χ2v) is 11.2.